The van der Waals surface area contributed by atoms with Crippen molar-refractivity contribution in [2.24, 2.45) is 0 Å². The maximum atomic E-state index is 12.0. The van der Waals surface area contributed by atoms with E-state index in [9.17, 15) is 38.6 Å². The van der Waals surface area contributed by atoms with Gasteiger partial charge in [0.2, 0.25) is 0 Å². The monoisotopic (exact) mass is 467 g/mol. The van der Waals surface area contributed by atoms with Crippen LogP contribution in [0.4, 0.5) is 11.4 Å². The molecule has 0 aliphatic heterocycles. The fraction of sp³-hybridized carbons (Fsp3) is 0.150. The van der Waals surface area contributed by atoms with Crippen molar-refractivity contribution in [1.29, 1.82) is 0 Å². The minimum atomic E-state index is -4.69. The van der Waals surface area contributed by atoms with Gasteiger partial charge in [-0.2, -0.15) is 0 Å². The van der Waals surface area contributed by atoms with Gasteiger partial charge in [0, 0.05) is 11.4 Å². The number of allylic oxidation sites excluding steroid dienone is 2. The summed E-state index contributed by atoms with van der Waals surface area (Å²) in [5, 5.41) is 9.51. The molecule has 0 amide bonds. The van der Waals surface area contributed by atoms with Gasteiger partial charge in [-0.1, -0.05) is 48.6 Å². The molecule has 0 aliphatic rings. The molecule has 166 valence electrons. The van der Waals surface area contributed by atoms with Gasteiger partial charge in [0.15, 0.2) is 0 Å². The lowest BCUT2D eigenvalue weighted by Crippen LogP contribution is -2.27. The molecule has 11 heteroatoms. The van der Waals surface area contributed by atoms with Crippen molar-refractivity contribution in [2.45, 2.75) is 11.3 Å². The number of para-hydroxylation sites is 2. The molecule has 0 fully saturated rings. The van der Waals surface area contributed by atoms with E-state index >= 15 is 0 Å². The minimum absolute atomic E-state index is 0.119. The number of carboxylic acid groups (broad SMARTS) is 1. The number of aliphatic carboxylic acids is 1. The molecule has 0 saturated carbocycles. The molecular formula is C20H23NO8P2. The van der Waals surface area contributed by atoms with E-state index in [4.69, 9.17) is 0 Å². The number of anilines is 2. The summed E-state index contributed by atoms with van der Waals surface area (Å²) in [7, 11) is -9.37. The average molecular weight is 467 g/mol. The molecule has 9 nitrogen and oxygen atoms in total. The smallest absolute Gasteiger partial charge is 0.336 e. The number of carboxylic acids is 1. The number of benzene rings is 2. The first kappa shape index (κ1) is 24.8. The average Bonchev–Trinajstić information content (AvgIpc) is 2.66. The molecule has 0 radical (unpaired) electrons. The highest BCUT2D eigenvalue weighted by molar-refractivity contribution is 7.52. The van der Waals surface area contributed by atoms with E-state index in [2.05, 4.69) is 13.2 Å². The first-order valence-electron chi connectivity index (χ1n) is 8.94. The molecule has 5 N–H and O–H groups in total. The molecule has 2 aromatic carbocycles. The molecule has 2 rings (SSSR count). The normalized spacial score (nSPS) is 13.8. The van der Waals surface area contributed by atoms with Crippen molar-refractivity contribution < 1.29 is 38.6 Å². The topological polar surface area (TPSA) is 156 Å². The summed E-state index contributed by atoms with van der Waals surface area (Å²) in [5.41, 5.74) is -2.28. The molecule has 0 spiro atoms. The van der Waals surface area contributed by atoms with Crippen molar-refractivity contribution in [3.63, 3.8) is 0 Å². The van der Waals surface area contributed by atoms with Crippen LogP contribution in [0.5, 0.6) is 0 Å². The Morgan fingerprint density at radius 1 is 0.839 bits per heavy atom. The zero-order valence-corrected chi connectivity index (χ0v) is 18.1. The van der Waals surface area contributed by atoms with Gasteiger partial charge in [-0.3, -0.25) is 13.9 Å². The Hall–Kier alpha value is -2.51. The van der Waals surface area contributed by atoms with Gasteiger partial charge in [-0.05, 0) is 23.3 Å². The van der Waals surface area contributed by atoms with Gasteiger partial charge >= 0.3 is 21.2 Å². The Morgan fingerprint density at radius 2 is 1.19 bits per heavy atom. The predicted octanol–water partition coefficient (Wildman–Crippen LogP) is 3.72. The highest BCUT2D eigenvalue weighted by Crippen LogP contribution is 2.57. The summed E-state index contributed by atoms with van der Waals surface area (Å²) >= 11 is 0. The van der Waals surface area contributed by atoms with Crippen LogP contribution in [-0.2, 0) is 13.9 Å². The maximum Gasteiger partial charge on any atom is 0.336 e. The largest absolute Gasteiger partial charge is 0.480 e. The Bertz CT molecular complexity index is 997. The SMILES string of the molecule is C=CC(c1ccccc1N(CC(=O)O)c1ccccc1C(C=C)P(=O)(O)O)P(=O)(O)O. The van der Waals surface area contributed by atoms with Crippen LogP contribution in [0.15, 0.2) is 73.8 Å². The number of carbonyl (C=O) groups is 1. The molecule has 0 aromatic heterocycles. The second kappa shape index (κ2) is 9.75. The first-order chi connectivity index (χ1) is 14.4. The zero-order valence-electron chi connectivity index (χ0n) is 16.4. The van der Waals surface area contributed by atoms with Crippen LogP contribution in [0, 0.1) is 0 Å². The molecule has 0 saturated heterocycles. The van der Waals surface area contributed by atoms with E-state index in [0.717, 1.165) is 12.2 Å². The third-order valence-corrected chi connectivity index (χ3v) is 6.98. The third kappa shape index (κ3) is 5.80. The molecule has 2 aromatic rings. The van der Waals surface area contributed by atoms with E-state index in [0.29, 0.717) is 0 Å². The second-order valence-electron chi connectivity index (χ2n) is 6.64. The number of hydrogen-bond acceptors (Lipinski definition) is 4. The van der Waals surface area contributed by atoms with Crippen LogP contribution in [-0.4, -0.2) is 37.2 Å². The van der Waals surface area contributed by atoms with Crippen LogP contribution in [0.1, 0.15) is 22.4 Å². The van der Waals surface area contributed by atoms with Gasteiger partial charge in [-0.25, -0.2) is 0 Å². The van der Waals surface area contributed by atoms with E-state index in [1.807, 2.05) is 0 Å². The Balaban J connectivity index is 2.81. The third-order valence-electron chi connectivity index (χ3n) is 4.56. The van der Waals surface area contributed by atoms with Crippen LogP contribution in [0.3, 0.4) is 0 Å². The van der Waals surface area contributed by atoms with Crippen molar-refractivity contribution in [2.75, 3.05) is 11.4 Å². The predicted molar refractivity (Wildman–Crippen MR) is 117 cm³/mol. The molecule has 0 heterocycles. The maximum absolute atomic E-state index is 12.0. The quantitative estimate of drug-likeness (QED) is 0.260. The van der Waals surface area contributed by atoms with Crippen LogP contribution < -0.4 is 4.90 Å². The molecule has 0 aliphatic carbocycles. The second-order valence-corrected chi connectivity index (χ2v) is 10.1. The number of nitrogens with zero attached hydrogens (tertiary/aromatic N) is 1. The number of hydrogen-bond donors (Lipinski definition) is 5. The molecular weight excluding hydrogens is 444 g/mol. The standard InChI is InChI=1S/C20H23NO8P2/c1-3-18(30(24,25)26)14-9-5-7-11-16(14)21(13-20(22)23)17-12-8-6-10-15(17)19(4-2)31(27,28)29/h3-12,18-19H,1-2,13H2,(H,22,23)(H2,24,25,26)(H2,27,28,29). The van der Waals surface area contributed by atoms with Gasteiger partial charge < -0.3 is 29.6 Å². The van der Waals surface area contributed by atoms with E-state index < -0.39 is 39.0 Å². The summed E-state index contributed by atoms with van der Waals surface area (Å²) in [6.07, 6.45) is 2.15. The highest BCUT2D eigenvalue weighted by atomic mass is 31.2. The van der Waals surface area contributed by atoms with E-state index in [1.165, 1.54) is 41.3 Å². The van der Waals surface area contributed by atoms with Crippen molar-refractivity contribution in [3.05, 3.63) is 85.0 Å². The Labute approximate surface area is 179 Å². The van der Waals surface area contributed by atoms with Crippen molar-refractivity contribution >= 4 is 32.5 Å². The highest BCUT2D eigenvalue weighted by Gasteiger charge is 2.34. The van der Waals surface area contributed by atoms with Crippen molar-refractivity contribution in [1.82, 2.24) is 0 Å². The summed E-state index contributed by atoms with van der Waals surface area (Å²) in [4.78, 5) is 52.0. The number of rotatable bonds is 10. The van der Waals surface area contributed by atoms with Gasteiger partial charge in [0.25, 0.3) is 0 Å². The van der Waals surface area contributed by atoms with Crippen molar-refractivity contribution in [3.8, 4) is 0 Å². The lowest BCUT2D eigenvalue weighted by Gasteiger charge is -2.31. The van der Waals surface area contributed by atoms with Crippen LogP contribution in [0.2, 0.25) is 0 Å². The Kier molecular flexibility index (Phi) is 7.78. The van der Waals surface area contributed by atoms with E-state index in [-0.39, 0.29) is 22.5 Å². The minimum Gasteiger partial charge on any atom is -0.480 e. The molecule has 2 unspecified atom stereocenters. The zero-order chi connectivity index (χ0) is 23.4. The summed E-state index contributed by atoms with van der Waals surface area (Å²) < 4.78 is 24.0. The fourth-order valence-electron chi connectivity index (χ4n) is 3.29. The summed E-state index contributed by atoms with van der Waals surface area (Å²) in [5.74, 6) is -1.26. The van der Waals surface area contributed by atoms with Crippen LogP contribution >= 0.6 is 15.2 Å². The molecule has 31 heavy (non-hydrogen) atoms. The molecule has 0 bridgehead atoms. The lowest BCUT2D eigenvalue weighted by molar-refractivity contribution is -0.135. The van der Waals surface area contributed by atoms with Crippen LogP contribution in [0.25, 0.3) is 0 Å². The Morgan fingerprint density at radius 3 is 1.48 bits per heavy atom. The summed E-state index contributed by atoms with van der Waals surface area (Å²) in [6, 6.07) is 12.0. The first-order valence-corrected chi connectivity index (χ1v) is 12.3. The lowest BCUT2D eigenvalue weighted by atomic mass is 10.0. The van der Waals surface area contributed by atoms with Gasteiger partial charge in [0.1, 0.15) is 17.9 Å². The van der Waals surface area contributed by atoms with Gasteiger partial charge in [-0.15, -0.1) is 13.2 Å². The fourth-order valence-corrected chi connectivity index (χ4v) is 5.00. The molecule has 2 atom stereocenters. The summed E-state index contributed by atoms with van der Waals surface area (Å²) in [6.45, 7) is 6.34. The van der Waals surface area contributed by atoms with E-state index in [1.54, 1.807) is 12.1 Å². The van der Waals surface area contributed by atoms with Gasteiger partial charge in [0.05, 0.1) is 0 Å².